The highest BCUT2D eigenvalue weighted by Crippen LogP contribution is 2.08. The topological polar surface area (TPSA) is 47.8 Å². The van der Waals surface area contributed by atoms with Gasteiger partial charge in [-0.15, -0.1) is 5.10 Å². The van der Waals surface area contributed by atoms with E-state index in [1.165, 1.54) is 36.8 Å². The maximum absolute atomic E-state index is 12.2. The predicted molar refractivity (Wildman–Crippen MR) is 90.0 cm³/mol. The number of nitrogens with zero attached hydrogens (tertiary/aromatic N) is 3. The van der Waals surface area contributed by atoms with Crippen LogP contribution < -0.4 is 5.56 Å². The molecule has 1 heterocycles. The summed E-state index contributed by atoms with van der Waals surface area (Å²) in [7, 11) is 0. The first-order chi connectivity index (χ1) is 10.3. The molecule has 5 heteroatoms. The van der Waals surface area contributed by atoms with E-state index in [4.69, 9.17) is 0 Å². The average molecular weight is 305 g/mol. The molecule has 0 fully saturated rings. The Morgan fingerprint density at radius 2 is 1.62 bits per heavy atom. The molecule has 0 N–H and O–H groups in total. The van der Waals surface area contributed by atoms with E-state index in [9.17, 15) is 4.79 Å². The van der Waals surface area contributed by atoms with Crippen molar-refractivity contribution in [1.29, 1.82) is 0 Å². The van der Waals surface area contributed by atoms with E-state index in [0.717, 1.165) is 18.6 Å². The highest BCUT2D eigenvalue weighted by Gasteiger charge is 2.04. The Hall–Kier alpha value is -1.36. The van der Waals surface area contributed by atoms with Crippen molar-refractivity contribution in [1.82, 2.24) is 15.0 Å². The highest BCUT2D eigenvalue weighted by molar-refractivity contribution is 7.80. The second-order valence-electron chi connectivity index (χ2n) is 5.33. The maximum atomic E-state index is 12.2. The van der Waals surface area contributed by atoms with Crippen molar-refractivity contribution >= 4 is 23.5 Å². The summed E-state index contributed by atoms with van der Waals surface area (Å²) in [6.45, 7) is 0.660. The van der Waals surface area contributed by atoms with Crippen molar-refractivity contribution in [2.24, 2.45) is 0 Å². The summed E-state index contributed by atoms with van der Waals surface area (Å²) in [6, 6.07) is 7.36. The number of unbranched alkanes of at least 4 members (excludes halogenated alkanes) is 6. The summed E-state index contributed by atoms with van der Waals surface area (Å²) in [4.78, 5) is 12.2. The zero-order valence-electron chi connectivity index (χ0n) is 12.4. The molecule has 0 bridgehead atoms. The molecule has 0 saturated heterocycles. The normalized spacial score (nSPS) is 11.1. The van der Waals surface area contributed by atoms with E-state index in [0.29, 0.717) is 17.4 Å². The fourth-order valence-electron chi connectivity index (χ4n) is 2.43. The fraction of sp³-hybridized carbons (Fsp3) is 0.562. The molecule has 0 spiro atoms. The van der Waals surface area contributed by atoms with Gasteiger partial charge in [-0.2, -0.15) is 12.6 Å². The van der Waals surface area contributed by atoms with Crippen LogP contribution >= 0.6 is 12.6 Å². The molecule has 0 radical (unpaired) electrons. The molecule has 2 rings (SSSR count). The molecule has 0 saturated carbocycles. The van der Waals surface area contributed by atoms with Crippen molar-refractivity contribution in [3.05, 3.63) is 34.6 Å². The number of hydrogen-bond acceptors (Lipinski definition) is 4. The number of aryl methyl sites for hydroxylation is 1. The molecule has 0 atom stereocenters. The second-order valence-corrected chi connectivity index (χ2v) is 5.78. The average Bonchev–Trinajstić information content (AvgIpc) is 2.52. The number of benzene rings is 1. The Morgan fingerprint density at radius 1 is 0.952 bits per heavy atom. The summed E-state index contributed by atoms with van der Waals surface area (Å²) >= 11 is 4.21. The van der Waals surface area contributed by atoms with Gasteiger partial charge < -0.3 is 0 Å². The zero-order valence-corrected chi connectivity index (χ0v) is 13.3. The van der Waals surface area contributed by atoms with Crippen molar-refractivity contribution in [2.75, 3.05) is 5.75 Å². The van der Waals surface area contributed by atoms with E-state index >= 15 is 0 Å². The number of thiol groups is 1. The first kappa shape index (κ1) is 16.0. The third kappa shape index (κ3) is 4.84. The van der Waals surface area contributed by atoms with Crippen molar-refractivity contribution in [2.45, 2.75) is 51.5 Å². The zero-order chi connectivity index (χ0) is 14.9. The van der Waals surface area contributed by atoms with Crippen molar-refractivity contribution in [3.63, 3.8) is 0 Å². The van der Waals surface area contributed by atoms with Crippen LogP contribution in [0.5, 0.6) is 0 Å². The van der Waals surface area contributed by atoms with Gasteiger partial charge in [0.1, 0.15) is 5.52 Å². The largest absolute Gasteiger partial charge is 0.277 e. The highest BCUT2D eigenvalue weighted by atomic mass is 32.1. The minimum Gasteiger partial charge on any atom is -0.267 e. The summed E-state index contributed by atoms with van der Waals surface area (Å²) in [5.74, 6) is 0.990. The van der Waals surface area contributed by atoms with Crippen LogP contribution in [0.1, 0.15) is 44.9 Å². The van der Waals surface area contributed by atoms with E-state index < -0.39 is 0 Å². The van der Waals surface area contributed by atoms with E-state index in [2.05, 4.69) is 22.9 Å². The van der Waals surface area contributed by atoms with Crippen molar-refractivity contribution < 1.29 is 0 Å². The fourth-order valence-corrected chi connectivity index (χ4v) is 2.65. The lowest BCUT2D eigenvalue weighted by molar-refractivity contribution is 0.492. The van der Waals surface area contributed by atoms with Crippen LogP contribution in [-0.2, 0) is 6.54 Å². The quantitative estimate of drug-likeness (QED) is 0.570. The van der Waals surface area contributed by atoms with Crippen molar-refractivity contribution in [3.8, 4) is 0 Å². The molecular weight excluding hydrogens is 282 g/mol. The van der Waals surface area contributed by atoms with Gasteiger partial charge in [0.25, 0.3) is 5.56 Å². The standard InChI is InChI=1S/C16H23N3OS/c20-16-14-10-6-7-11-15(14)17-18-19(16)12-8-4-2-1-3-5-9-13-21/h6-7,10-11,21H,1-5,8-9,12-13H2. The molecule has 0 amide bonds. The Labute approximate surface area is 131 Å². The molecule has 1 aromatic carbocycles. The molecule has 1 aromatic heterocycles. The van der Waals surface area contributed by atoms with Gasteiger partial charge in [-0.05, 0) is 30.7 Å². The number of rotatable bonds is 9. The number of aromatic nitrogens is 3. The maximum Gasteiger partial charge on any atom is 0.277 e. The van der Waals surface area contributed by atoms with Gasteiger partial charge in [-0.1, -0.05) is 49.5 Å². The molecule has 0 aliphatic rings. The van der Waals surface area contributed by atoms with Crippen LogP contribution in [0, 0.1) is 0 Å². The molecule has 114 valence electrons. The molecule has 0 unspecified atom stereocenters. The minimum atomic E-state index is -0.0330. The van der Waals surface area contributed by atoms with Gasteiger partial charge >= 0.3 is 0 Å². The first-order valence-corrected chi connectivity index (χ1v) is 8.39. The Balaban J connectivity index is 1.76. The first-order valence-electron chi connectivity index (χ1n) is 7.76. The van der Waals surface area contributed by atoms with Crippen LogP contribution in [0.15, 0.2) is 29.1 Å². The monoisotopic (exact) mass is 305 g/mol. The molecular formula is C16H23N3OS. The third-order valence-corrected chi connectivity index (χ3v) is 3.97. The van der Waals surface area contributed by atoms with Crippen LogP contribution in [0.2, 0.25) is 0 Å². The summed E-state index contributed by atoms with van der Waals surface area (Å²) < 4.78 is 1.49. The van der Waals surface area contributed by atoms with Gasteiger partial charge in [0.15, 0.2) is 0 Å². The van der Waals surface area contributed by atoms with E-state index in [1.807, 2.05) is 24.3 Å². The SMILES string of the molecule is O=c1c2ccccc2nnn1CCCCCCCCCS. The van der Waals surface area contributed by atoms with Crippen LogP contribution in [0.4, 0.5) is 0 Å². The molecule has 2 aromatic rings. The Bertz CT molecular complexity index is 612. The van der Waals surface area contributed by atoms with Crippen LogP contribution in [0.25, 0.3) is 10.9 Å². The lowest BCUT2D eigenvalue weighted by Crippen LogP contribution is -2.24. The third-order valence-electron chi connectivity index (χ3n) is 3.66. The van der Waals surface area contributed by atoms with Gasteiger partial charge in [0.05, 0.1) is 5.39 Å². The van der Waals surface area contributed by atoms with Gasteiger partial charge in [0.2, 0.25) is 0 Å². The van der Waals surface area contributed by atoms with Gasteiger partial charge in [-0.25, -0.2) is 4.68 Å². The predicted octanol–water partition coefficient (Wildman–Crippen LogP) is 3.45. The van der Waals surface area contributed by atoms with E-state index in [1.54, 1.807) is 0 Å². The minimum absolute atomic E-state index is 0.0330. The summed E-state index contributed by atoms with van der Waals surface area (Å²) in [5, 5.41) is 8.76. The van der Waals surface area contributed by atoms with Gasteiger partial charge in [-0.3, -0.25) is 4.79 Å². The molecule has 4 nitrogen and oxygen atoms in total. The Morgan fingerprint density at radius 3 is 2.38 bits per heavy atom. The number of fused-ring (bicyclic) bond motifs is 1. The van der Waals surface area contributed by atoms with Gasteiger partial charge in [0, 0.05) is 6.54 Å². The second kappa shape index (κ2) is 8.82. The molecule has 0 aliphatic heterocycles. The smallest absolute Gasteiger partial charge is 0.267 e. The van der Waals surface area contributed by atoms with Crippen LogP contribution in [0.3, 0.4) is 0 Å². The summed E-state index contributed by atoms with van der Waals surface area (Å²) in [5.41, 5.74) is 0.636. The summed E-state index contributed by atoms with van der Waals surface area (Å²) in [6.07, 6.45) is 8.40. The number of hydrogen-bond donors (Lipinski definition) is 1. The van der Waals surface area contributed by atoms with Crippen LogP contribution in [-0.4, -0.2) is 20.7 Å². The molecule has 0 aliphatic carbocycles. The van der Waals surface area contributed by atoms with E-state index in [-0.39, 0.29) is 5.56 Å². The lowest BCUT2D eigenvalue weighted by atomic mass is 10.1. The Kier molecular flexibility index (Phi) is 6.73. The lowest BCUT2D eigenvalue weighted by Gasteiger charge is -2.05. The molecule has 21 heavy (non-hydrogen) atoms.